The van der Waals surface area contributed by atoms with E-state index in [-0.39, 0.29) is 5.78 Å². The summed E-state index contributed by atoms with van der Waals surface area (Å²) in [5.41, 5.74) is -0.352. The number of methoxy groups -OCH3 is 2. The number of nitrogens with zero attached hydrogens (tertiary/aromatic N) is 1. The van der Waals surface area contributed by atoms with Crippen LogP contribution in [-0.4, -0.2) is 30.6 Å². The van der Waals surface area contributed by atoms with Gasteiger partial charge in [-0.15, -0.1) is 0 Å². The van der Waals surface area contributed by atoms with Crippen molar-refractivity contribution in [1.82, 2.24) is 4.98 Å². The van der Waals surface area contributed by atoms with E-state index in [1.54, 1.807) is 32.5 Å². The van der Waals surface area contributed by atoms with Gasteiger partial charge in [0.1, 0.15) is 11.4 Å². The Hall–Kier alpha value is -1.42. The van der Waals surface area contributed by atoms with Crippen LogP contribution >= 0.6 is 0 Å². The highest BCUT2D eigenvalue weighted by Gasteiger charge is 2.43. The van der Waals surface area contributed by atoms with Crippen LogP contribution < -0.4 is 4.74 Å². The second-order valence-corrected chi connectivity index (χ2v) is 5.26. The highest BCUT2D eigenvalue weighted by Crippen LogP contribution is 2.37. The SMILES string of the molecule is COc1cccnc1C(=O)C1(OC)CCC(C)CC1. The Morgan fingerprint density at radius 1 is 1.37 bits per heavy atom. The maximum Gasteiger partial charge on any atom is 0.216 e. The average Bonchev–Trinajstić information content (AvgIpc) is 2.47. The molecular weight excluding hydrogens is 242 g/mol. The lowest BCUT2D eigenvalue weighted by Crippen LogP contribution is -2.44. The first-order valence-electron chi connectivity index (χ1n) is 6.72. The molecule has 1 aliphatic carbocycles. The van der Waals surface area contributed by atoms with Crippen molar-refractivity contribution < 1.29 is 14.3 Å². The Bertz CT molecular complexity index is 450. The quantitative estimate of drug-likeness (QED) is 0.784. The standard InChI is InChI=1S/C15H21NO3/c1-11-6-8-15(19-3,9-7-11)14(17)13-12(18-2)5-4-10-16-13/h4-5,10-11H,6-9H2,1-3H3. The van der Waals surface area contributed by atoms with Crippen molar-refractivity contribution in [2.45, 2.75) is 38.2 Å². The molecule has 0 radical (unpaired) electrons. The van der Waals surface area contributed by atoms with E-state index in [9.17, 15) is 4.79 Å². The summed E-state index contributed by atoms with van der Waals surface area (Å²) >= 11 is 0. The van der Waals surface area contributed by atoms with Crippen LogP contribution in [0, 0.1) is 5.92 Å². The number of rotatable bonds is 4. The largest absolute Gasteiger partial charge is 0.494 e. The fourth-order valence-corrected chi connectivity index (χ4v) is 2.69. The summed E-state index contributed by atoms with van der Waals surface area (Å²) in [7, 11) is 3.17. The normalized spacial score (nSPS) is 27.0. The summed E-state index contributed by atoms with van der Waals surface area (Å²) in [6.07, 6.45) is 5.14. The lowest BCUT2D eigenvalue weighted by atomic mass is 9.76. The molecule has 1 fully saturated rings. The zero-order valence-corrected chi connectivity index (χ0v) is 11.8. The Labute approximate surface area is 114 Å². The van der Waals surface area contributed by atoms with Crippen molar-refractivity contribution in [1.29, 1.82) is 0 Å². The van der Waals surface area contributed by atoms with Gasteiger partial charge in [0.15, 0.2) is 5.69 Å². The molecule has 1 aliphatic rings. The number of aromatic nitrogens is 1. The number of carbonyl (C=O) groups is 1. The number of Topliss-reactive ketones (excluding diaryl/α,β-unsaturated/α-hetero) is 1. The topological polar surface area (TPSA) is 48.4 Å². The summed E-state index contributed by atoms with van der Waals surface area (Å²) < 4.78 is 10.8. The van der Waals surface area contributed by atoms with Gasteiger partial charge in [-0.05, 0) is 43.7 Å². The number of carbonyl (C=O) groups excluding carboxylic acids is 1. The van der Waals surface area contributed by atoms with Crippen LogP contribution in [0.1, 0.15) is 43.1 Å². The summed E-state index contributed by atoms with van der Waals surface area (Å²) in [5.74, 6) is 1.11. The summed E-state index contributed by atoms with van der Waals surface area (Å²) in [6, 6.07) is 3.52. The molecule has 0 aromatic carbocycles. The molecule has 4 nitrogen and oxygen atoms in total. The Kier molecular flexibility index (Phi) is 4.20. The third-order valence-corrected chi connectivity index (χ3v) is 4.09. The van der Waals surface area contributed by atoms with Gasteiger partial charge in [-0.25, -0.2) is 4.98 Å². The van der Waals surface area contributed by atoms with Gasteiger partial charge < -0.3 is 9.47 Å². The zero-order chi connectivity index (χ0) is 13.9. The van der Waals surface area contributed by atoms with Crippen LogP contribution in [0.5, 0.6) is 5.75 Å². The van der Waals surface area contributed by atoms with Gasteiger partial charge >= 0.3 is 0 Å². The second-order valence-electron chi connectivity index (χ2n) is 5.26. The molecule has 19 heavy (non-hydrogen) atoms. The molecule has 0 unspecified atom stereocenters. The molecule has 2 rings (SSSR count). The molecule has 1 saturated carbocycles. The number of hydrogen-bond donors (Lipinski definition) is 0. The molecule has 0 saturated heterocycles. The molecule has 0 amide bonds. The molecule has 0 spiro atoms. The predicted octanol–water partition coefficient (Wildman–Crippen LogP) is 2.87. The first-order valence-corrected chi connectivity index (χ1v) is 6.72. The molecule has 1 aromatic rings. The van der Waals surface area contributed by atoms with Crippen LogP contribution in [0.25, 0.3) is 0 Å². The van der Waals surface area contributed by atoms with Crippen LogP contribution in [0.3, 0.4) is 0 Å². The van der Waals surface area contributed by atoms with Crippen molar-refractivity contribution in [2.75, 3.05) is 14.2 Å². The average molecular weight is 263 g/mol. The van der Waals surface area contributed by atoms with Crippen LogP contribution in [0.2, 0.25) is 0 Å². The molecular formula is C15H21NO3. The van der Waals surface area contributed by atoms with Gasteiger partial charge in [0.25, 0.3) is 0 Å². The van der Waals surface area contributed by atoms with Crippen molar-refractivity contribution in [3.63, 3.8) is 0 Å². The minimum atomic E-state index is -0.728. The van der Waals surface area contributed by atoms with Crippen molar-refractivity contribution >= 4 is 5.78 Å². The molecule has 1 aromatic heterocycles. The predicted molar refractivity (Wildman–Crippen MR) is 72.5 cm³/mol. The van der Waals surface area contributed by atoms with Gasteiger partial charge in [-0.2, -0.15) is 0 Å². The molecule has 4 heteroatoms. The molecule has 104 valence electrons. The molecule has 0 bridgehead atoms. The van der Waals surface area contributed by atoms with Crippen molar-refractivity contribution in [3.05, 3.63) is 24.0 Å². The third kappa shape index (κ3) is 2.63. The number of hydrogen-bond acceptors (Lipinski definition) is 4. The monoisotopic (exact) mass is 263 g/mol. The fraction of sp³-hybridized carbons (Fsp3) is 0.600. The van der Waals surface area contributed by atoms with E-state index >= 15 is 0 Å². The Balaban J connectivity index is 2.30. The van der Waals surface area contributed by atoms with E-state index < -0.39 is 5.60 Å². The van der Waals surface area contributed by atoms with Gasteiger partial charge in [0.05, 0.1) is 7.11 Å². The maximum atomic E-state index is 12.8. The number of pyridine rings is 1. The van der Waals surface area contributed by atoms with Crippen molar-refractivity contribution in [2.24, 2.45) is 5.92 Å². The van der Waals surface area contributed by atoms with Crippen molar-refractivity contribution in [3.8, 4) is 5.75 Å². The van der Waals surface area contributed by atoms with Crippen LogP contribution in [0.4, 0.5) is 0 Å². The van der Waals surface area contributed by atoms with E-state index in [0.29, 0.717) is 17.4 Å². The van der Waals surface area contributed by atoms with E-state index in [1.165, 1.54) is 0 Å². The summed E-state index contributed by atoms with van der Waals surface area (Å²) in [5, 5.41) is 0. The van der Waals surface area contributed by atoms with Gasteiger partial charge in [-0.1, -0.05) is 6.92 Å². The minimum absolute atomic E-state index is 0.0562. The van der Waals surface area contributed by atoms with Gasteiger partial charge in [0.2, 0.25) is 5.78 Å². The second kappa shape index (κ2) is 5.70. The molecule has 1 heterocycles. The Morgan fingerprint density at radius 2 is 2.05 bits per heavy atom. The van der Waals surface area contributed by atoms with E-state index in [0.717, 1.165) is 25.7 Å². The van der Waals surface area contributed by atoms with Gasteiger partial charge in [0, 0.05) is 13.3 Å². The zero-order valence-electron chi connectivity index (χ0n) is 11.8. The molecule has 0 N–H and O–H groups in total. The first kappa shape index (κ1) is 14.0. The van der Waals surface area contributed by atoms with E-state index in [1.807, 2.05) is 0 Å². The first-order chi connectivity index (χ1) is 9.13. The minimum Gasteiger partial charge on any atom is -0.494 e. The van der Waals surface area contributed by atoms with Crippen LogP contribution in [-0.2, 0) is 4.74 Å². The summed E-state index contributed by atoms with van der Waals surface area (Å²) in [4.78, 5) is 17.0. The van der Waals surface area contributed by atoms with Crippen LogP contribution in [0.15, 0.2) is 18.3 Å². The lowest BCUT2D eigenvalue weighted by molar-refractivity contribution is -0.0268. The van der Waals surface area contributed by atoms with E-state index in [2.05, 4.69) is 11.9 Å². The summed E-state index contributed by atoms with van der Waals surface area (Å²) in [6.45, 7) is 2.21. The number of ketones is 1. The highest BCUT2D eigenvalue weighted by molar-refractivity contribution is 6.03. The highest BCUT2D eigenvalue weighted by atomic mass is 16.5. The van der Waals surface area contributed by atoms with E-state index in [4.69, 9.17) is 9.47 Å². The fourth-order valence-electron chi connectivity index (χ4n) is 2.69. The number of ether oxygens (including phenoxy) is 2. The van der Waals surface area contributed by atoms with Gasteiger partial charge in [-0.3, -0.25) is 4.79 Å². The lowest BCUT2D eigenvalue weighted by Gasteiger charge is -2.36. The maximum absolute atomic E-state index is 12.8. The molecule has 0 aliphatic heterocycles. The third-order valence-electron chi connectivity index (χ3n) is 4.09. The molecule has 0 atom stereocenters. The smallest absolute Gasteiger partial charge is 0.216 e. The Morgan fingerprint density at radius 3 is 2.63 bits per heavy atom.